The normalized spacial score (nSPS) is 21.2. The summed E-state index contributed by atoms with van der Waals surface area (Å²) in [5, 5.41) is 2.33. The monoisotopic (exact) mass is 358 g/mol. The minimum Gasteiger partial charge on any atom is -0.327 e. The average molecular weight is 358 g/mol. The molecule has 26 heavy (non-hydrogen) atoms. The number of carbonyl (C=O) groups excluding carboxylic acids is 3. The van der Waals surface area contributed by atoms with Crippen molar-refractivity contribution in [3.05, 3.63) is 34.9 Å². The Morgan fingerprint density at radius 1 is 1.35 bits per heavy atom. The van der Waals surface area contributed by atoms with Gasteiger partial charge in [-0.25, -0.2) is 0 Å². The van der Waals surface area contributed by atoms with Crippen molar-refractivity contribution in [2.75, 3.05) is 13.1 Å². The van der Waals surface area contributed by atoms with Crippen LogP contribution in [0.15, 0.2) is 18.2 Å². The first-order valence-corrected chi connectivity index (χ1v) is 9.13. The van der Waals surface area contributed by atoms with Crippen molar-refractivity contribution < 1.29 is 14.4 Å². The van der Waals surface area contributed by atoms with E-state index < -0.39 is 6.04 Å². The van der Waals surface area contributed by atoms with Gasteiger partial charge in [-0.15, -0.1) is 0 Å². The first-order valence-electron chi connectivity index (χ1n) is 9.13. The molecular formula is C19H26N4O3. The van der Waals surface area contributed by atoms with Gasteiger partial charge in [-0.3, -0.25) is 24.6 Å². The van der Waals surface area contributed by atoms with E-state index in [2.05, 4.69) is 17.1 Å². The summed E-state index contributed by atoms with van der Waals surface area (Å²) in [6.45, 7) is 6.90. The van der Waals surface area contributed by atoms with Crippen molar-refractivity contribution in [2.45, 2.75) is 51.9 Å². The topological polar surface area (TPSA) is 95.7 Å². The number of benzene rings is 1. The summed E-state index contributed by atoms with van der Waals surface area (Å²) >= 11 is 0. The molecule has 0 saturated carbocycles. The summed E-state index contributed by atoms with van der Waals surface area (Å²) in [7, 11) is 0. The molecule has 2 aliphatic rings. The van der Waals surface area contributed by atoms with Crippen LogP contribution >= 0.6 is 0 Å². The number of nitrogens with one attached hydrogen (secondary N) is 1. The summed E-state index contributed by atoms with van der Waals surface area (Å²) in [6.07, 6.45) is 0.653. The molecule has 1 saturated heterocycles. The van der Waals surface area contributed by atoms with Crippen LogP contribution < -0.4 is 11.1 Å². The molecule has 0 spiro atoms. The van der Waals surface area contributed by atoms with E-state index >= 15 is 0 Å². The van der Waals surface area contributed by atoms with Gasteiger partial charge in [0.15, 0.2) is 0 Å². The fourth-order valence-corrected chi connectivity index (χ4v) is 3.67. The highest BCUT2D eigenvalue weighted by atomic mass is 16.2. The molecule has 3 N–H and O–H groups in total. The minimum absolute atomic E-state index is 0.0917. The third-order valence-electron chi connectivity index (χ3n) is 4.99. The Balaban J connectivity index is 1.74. The molecule has 3 amide bonds. The molecule has 0 aromatic heterocycles. The highest BCUT2D eigenvalue weighted by Gasteiger charge is 2.39. The fraction of sp³-hybridized carbons (Fsp3) is 0.526. The van der Waals surface area contributed by atoms with Crippen molar-refractivity contribution in [3.63, 3.8) is 0 Å². The van der Waals surface area contributed by atoms with E-state index in [0.29, 0.717) is 18.5 Å². The van der Waals surface area contributed by atoms with E-state index in [0.717, 1.165) is 30.8 Å². The second kappa shape index (κ2) is 7.55. The number of nitrogens with zero attached hydrogens (tertiary/aromatic N) is 2. The van der Waals surface area contributed by atoms with Gasteiger partial charge in [-0.1, -0.05) is 19.1 Å². The molecule has 0 radical (unpaired) electrons. The largest absolute Gasteiger partial charge is 0.327 e. The Morgan fingerprint density at radius 2 is 2.12 bits per heavy atom. The number of hydrogen-bond acceptors (Lipinski definition) is 5. The van der Waals surface area contributed by atoms with Crippen LogP contribution in [0.3, 0.4) is 0 Å². The number of rotatable bonds is 6. The molecular weight excluding hydrogens is 332 g/mol. The van der Waals surface area contributed by atoms with Gasteiger partial charge in [0.05, 0.1) is 0 Å². The zero-order chi connectivity index (χ0) is 18.8. The van der Waals surface area contributed by atoms with Crippen LogP contribution in [0, 0.1) is 0 Å². The van der Waals surface area contributed by atoms with Gasteiger partial charge >= 0.3 is 0 Å². The van der Waals surface area contributed by atoms with Crippen molar-refractivity contribution in [2.24, 2.45) is 5.73 Å². The number of imide groups is 1. The molecule has 7 nitrogen and oxygen atoms in total. The lowest BCUT2D eigenvalue weighted by Gasteiger charge is -2.29. The van der Waals surface area contributed by atoms with Gasteiger partial charge in [-0.2, -0.15) is 0 Å². The van der Waals surface area contributed by atoms with Gasteiger partial charge in [-0.05, 0) is 37.1 Å². The van der Waals surface area contributed by atoms with E-state index in [1.165, 1.54) is 0 Å². The van der Waals surface area contributed by atoms with E-state index in [4.69, 9.17) is 5.73 Å². The molecule has 1 aromatic rings. The van der Waals surface area contributed by atoms with E-state index in [-0.39, 0.29) is 30.2 Å². The van der Waals surface area contributed by atoms with Gasteiger partial charge in [0, 0.05) is 37.7 Å². The second-order valence-corrected chi connectivity index (χ2v) is 7.20. The highest BCUT2D eigenvalue weighted by Crippen LogP contribution is 2.28. The molecule has 0 bridgehead atoms. The Kier molecular flexibility index (Phi) is 5.38. The Labute approximate surface area is 153 Å². The number of piperidine rings is 1. The summed E-state index contributed by atoms with van der Waals surface area (Å²) in [5.74, 6) is -0.783. The molecule has 1 aromatic carbocycles. The van der Waals surface area contributed by atoms with Gasteiger partial charge < -0.3 is 10.6 Å². The van der Waals surface area contributed by atoms with Gasteiger partial charge in [0.25, 0.3) is 5.91 Å². The SMILES string of the molecule is CCN(Cc1ccc2c(c1)C(=O)N(C1CCC(=O)NC1=O)C2)C[C@@H](C)N. The van der Waals surface area contributed by atoms with Gasteiger partial charge in [0.1, 0.15) is 6.04 Å². The third kappa shape index (κ3) is 3.78. The van der Waals surface area contributed by atoms with Crippen LogP contribution in [0.2, 0.25) is 0 Å². The predicted molar refractivity (Wildman–Crippen MR) is 97.1 cm³/mol. The number of amides is 3. The second-order valence-electron chi connectivity index (χ2n) is 7.20. The zero-order valence-electron chi connectivity index (χ0n) is 15.3. The maximum absolute atomic E-state index is 12.8. The lowest BCUT2D eigenvalue weighted by molar-refractivity contribution is -0.136. The molecule has 7 heteroatoms. The number of hydrogen-bond donors (Lipinski definition) is 2. The number of carbonyl (C=O) groups is 3. The van der Waals surface area contributed by atoms with Crippen LogP contribution in [-0.2, 0) is 22.7 Å². The molecule has 140 valence electrons. The predicted octanol–water partition coefficient (Wildman–Crippen LogP) is 0.617. The van der Waals surface area contributed by atoms with Crippen LogP contribution in [0.1, 0.15) is 48.2 Å². The first kappa shape index (κ1) is 18.5. The summed E-state index contributed by atoms with van der Waals surface area (Å²) in [6, 6.07) is 5.45. The fourth-order valence-electron chi connectivity index (χ4n) is 3.67. The molecule has 1 fully saturated rings. The summed E-state index contributed by atoms with van der Waals surface area (Å²) < 4.78 is 0. The van der Waals surface area contributed by atoms with E-state index in [1.807, 2.05) is 25.1 Å². The van der Waals surface area contributed by atoms with Crippen LogP contribution in [0.25, 0.3) is 0 Å². The van der Waals surface area contributed by atoms with Crippen molar-refractivity contribution in [1.82, 2.24) is 15.1 Å². The lowest BCUT2D eigenvalue weighted by atomic mass is 10.0. The van der Waals surface area contributed by atoms with Crippen LogP contribution in [0.4, 0.5) is 0 Å². The average Bonchev–Trinajstić information content (AvgIpc) is 2.90. The Bertz CT molecular complexity index is 731. The van der Waals surface area contributed by atoms with Gasteiger partial charge in [0.2, 0.25) is 11.8 Å². The van der Waals surface area contributed by atoms with E-state index in [9.17, 15) is 14.4 Å². The van der Waals surface area contributed by atoms with Crippen molar-refractivity contribution in [1.29, 1.82) is 0 Å². The molecule has 3 rings (SSSR count). The minimum atomic E-state index is -0.568. The number of likely N-dealkylation sites (N-methyl/N-ethyl adjacent to an activating group) is 1. The molecule has 2 heterocycles. The Morgan fingerprint density at radius 3 is 2.77 bits per heavy atom. The smallest absolute Gasteiger partial charge is 0.255 e. The standard InChI is InChI=1S/C19H26N4O3/c1-3-22(9-12(2)20)10-13-4-5-14-11-23(19(26)15(14)8-13)16-6-7-17(24)21-18(16)25/h4-5,8,12,16H,3,6-7,9-11,20H2,1-2H3,(H,21,24,25)/t12-,16?/m1/s1. The van der Waals surface area contributed by atoms with Crippen LogP contribution in [-0.4, -0.2) is 52.7 Å². The summed E-state index contributed by atoms with van der Waals surface area (Å²) in [5.41, 5.74) is 8.54. The molecule has 2 atom stereocenters. The summed E-state index contributed by atoms with van der Waals surface area (Å²) in [4.78, 5) is 40.1. The quantitative estimate of drug-likeness (QED) is 0.727. The maximum Gasteiger partial charge on any atom is 0.255 e. The maximum atomic E-state index is 12.8. The van der Waals surface area contributed by atoms with Crippen molar-refractivity contribution in [3.8, 4) is 0 Å². The molecule has 0 aliphatic carbocycles. The first-order chi connectivity index (χ1) is 12.4. The number of nitrogens with two attached hydrogens (primary N) is 1. The van der Waals surface area contributed by atoms with Crippen LogP contribution in [0.5, 0.6) is 0 Å². The molecule has 2 aliphatic heterocycles. The zero-order valence-corrected chi connectivity index (χ0v) is 15.3. The van der Waals surface area contributed by atoms with Crippen molar-refractivity contribution >= 4 is 17.7 Å². The Hall–Kier alpha value is -2.25. The third-order valence-corrected chi connectivity index (χ3v) is 4.99. The number of fused-ring (bicyclic) bond motifs is 1. The lowest BCUT2D eigenvalue weighted by Crippen LogP contribution is -2.52. The van der Waals surface area contributed by atoms with E-state index in [1.54, 1.807) is 4.90 Å². The highest BCUT2D eigenvalue weighted by molar-refractivity contribution is 6.05. The molecule has 1 unspecified atom stereocenters.